The Hall–Kier alpha value is -2.58. The van der Waals surface area contributed by atoms with Gasteiger partial charge in [-0.1, -0.05) is 50.0 Å². The predicted molar refractivity (Wildman–Crippen MR) is 108 cm³/mol. The number of rotatable bonds is 9. The van der Waals surface area contributed by atoms with E-state index in [1.165, 1.54) is 10.9 Å². The van der Waals surface area contributed by atoms with Crippen LogP contribution in [0.15, 0.2) is 48.5 Å². The van der Waals surface area contributed by atoms with Gasteiger partial charge >= 0.3 is 0 Å². The summed E-state index contributed by atoms with van der Waals surface area (Å²) in [5.74, 6) is 0.0770. The number of hydrogen-bond acceptors (Lipinski definition) is 5. The van der Waals surface area contributed by atoms with E-state index in [4.69, 9.17) is 9.47 Å². The van der Waals surface area contributed by atoms with E-state index in [9.17, 15) is 4.39 Å². The maximum absolute atomic E-state index is 14.4. The van der Waals surface area contributed by atoms with E-state index in [0.29, 0.717) is 24.6 Å². The van der Waals surface area contributed by atoms with Crippen molar-refractivity contribution in [2.45, 2.75) is 39.0 Å². The average Bonchev–Trinajstić information content (AvgIpc) is 3.13. The standard InChI is InChI=1S/C20H25FN4O2Si/c1-28(2,3)12-11-26-15-25-23-20(22-24-25)17-9-10-19(18(21)13-17)27-14-16-7-5-4-6-8-16/h4-10,13H,11-12,14-15H2,1-3H3. The zero-order valence-corrected chi connectivity index (χ0v) is 17.4. The van der Waals surface area contributed by atoms with Gasteiger partial charge in [-0.15, -0.1) is 15.0 Å². The molecule has 8 heteroatoms. The fraction of sp³-hybridized carbons (Fsp3) is 0.350. The van der Waals surface area contributed by atoms with Crippen molar-refractivity contribution in [3.05, 3.63) is 59.9 Å². The van der Waals surface area contributed by atoms with Crippen molar-refractivity contribution >= 4 is 8.07 Å². The Morgan fingerprint density at radius 1 is 1.07 bits per heavy atom. The first-order chi connectivity index (χ1) is 13.4. The lowest BCUT2D eigenvalue weighted by atomic mass is 10.2. The molecular weight excluding hydrogens is 375 g/mol. The predicted octanol–water partition coefficient (Wildman–Crippen LogP) is 4.37. The first kappa shape index (κ1) is 20.2. The lowest BCUT2D eigenvalue weighted by Gasteiger charge is -2.14. The number of ether oxygens (including phenoxy) is 2. The van der Waals surface area contributed by atoms with E-state index in [2.05, 4.69) is 35.1 Å². The third-order valence-corrected chi connectivity index (χ3v) is 5.79. The molecule has 0 unspecified atom stereocenters. The van der Waals surface area contributed by atoms with Gasteiger partial charge in [0.05, 0.1) is 0 Å². The molecule has 148 valence electrons. The van der Waals surface area contributed by atoms with Crippen molar-refractivity contribution in [1.29, 1.82) is 0 Å². The van der Waals surface area contributed by atoms with Crippen molar-refractivity contribution < 1.29 is 13.9 Å². The second-order valence-electron chi connectivity index (χ2n) is 7.75. The Morgan fingerprint density at radius 2 is 1.86 bits per heavy atom. The van der Waals surface area contributed by atoms with Crippen LogP contribution in [0.25, 0.3) is 11.4 Å². The minimum Gasteiger partial charge on any atom is -0.486 e. The molecule has 1 heterocycles. The zero-order valence-electron chi connectivity index (χ0n) is 16.4. The second kappa shape index (κ2) is 9.07. The van der Waals surface area contributed by atoms with Gasteiger partial charge in [-0.25, -0.2) is 4.39 Å². The van der Waals surface area contributed by atoms with Crippen LogP contribution >= 0.6 is 0 Å². The Bertz CT molecular complexity index is 897. The summed E-state index contributed by atoms with van der Waals surface area (Å²) < 4.78 is 25.5. The topological polar surface area (TPSA) is 62.1 Å². The van der Waals surface area contributed by atoms with Gasteiger partial charge in [0.25, 0.3) is 0 Å². The molecule has 3 aromatic rings. The molecule has 0 fully saturated rings. The lowest BCUT2D eigenvalue weighted by Crippen LogP contribution is -2.22. The maximum Gasteiger partial charge on any atom is 0.205 e. The highest BCUT2D eigenvalue weighted by molar-refractivity contribution is 6.76. The van der Waals surface area contributed by atoms with Crippen molar-refractivity contribution in [2.24, 2.45) is 0 Å². The Balaban J connectivity index is 1.57. The van der Waals surface area contributed by atoms with Crippen molar-refractivity contribution in [3.63, 3.8) is 0 Å². The van der Waals surface area contributed by atoms with Gasteiger partial charge in [0.1, 0.15) is 6.61 Å². The molecule has 0 atom stereocenters. The normalized spacial score (nSPS) is 11.6. The largest absolute Gasteiger partial charge is 0.486 e. The monoisotopic (exact) mass is 400 g/mol. The molecule has 6 nitrogen and oxygen atoms in total. The molecule has 0 spiro atoms. The van der Waals surface area contributed by atoms with Crippen LogP contribution in [0.1, 0.15) is 5.56 Å². The van der Waals surface area contributed by atoms with Gasteiger partial charge in [-0.05, 0) is 35.0 Å². The van der Waals surface area contributed by atoms with Gasteiger partial charge in [0.15, 0.2) is 18.3 Å². The molecule has 0 saturated carbocycles. The molecule has 0 saturated heterocycles. The molecule has 0 N–H and O–H groups in total. The van der Waals surface area contributed by atoms with Gasteiger partial charge < -0.3 is 9.47 Å². The number of aromatic nitrogens is 4. The summed E-state index contributed by atoms with van der Waals surface area (Å²) in [6.45, 7) is 8.10. The Morgan fingerprint density at radius 3 is 2.57 bits per heavy atom. The number of nitrogens with zero attached hydrogens (tertiary/aromatic N) is 4. The van der Waals surface area contributed by atoms with Crippen LogP contribution in [0.2, 0.25) is 25.7 Å². The third kappa shape index (κ3) is 5.96. The first-order valence-electron chi connectivity index (χ1n) is 9.23. The highest BCUT2D eigenvalue weighted by Gasteiger charge is 2.13. The van der Waals surface area contributed by atoms with Crippen LogP contribution in [-0.4, -0.2) is 34.9 Å². The number of benzene rings is 2. The molecule has 0 amide bonds. The third-order valence-electron chi connectivity index (χ3n) is 4.08. The molecule has 2 aromatic carbocycles. The van der Waals surface area contributed by atoms with Crippen LogP contribution in [0, 0.1) is 5.82 Å². The van der Waals surface area contributed by atoms with Crippen LogP contribution in [0.4, 0.5) is 4.39 Å². The minimum atomic E-state index is -1.13. The first-order valence-corrected chi connectivity index (χ1v) is 12.9. The lowest BCUT2D eigenvalue weighted by molar-refractivity contribution is 0.0674. The van der Waals surface area contributed by atoms with E-state index in [1.807, 2.05) is 30.3 Å². The van der Waals surface area contributed by atoms with Crippen LogP contribution in [-0.2, 0) is 18.1 Å². The summed E-state index contributed by atoms with van der Waals surface area (Å²) in [6.07, 6.45) is 0. The van der Waals surface area contributed by atoms with Crippen molar-refractivity contribution in [3.8, 4) is 17.1 Å². The summed E-state index contributed by atoms with van der Waals surface area (Å²) in [5.41, 5.74) is 1.52. The van der Waals surface area contributed by atoms with E-state index in [1.54, 1.807) is 12.1 Å². The maximum atomic E-state index is 14.4. The van der Waals surface area contributed by atoms with Gasteiger partial charge in [0.2, 0.25) is 5.82 Å². The second-order valence-corrected chi connectivity index (χ2v) is 13.4. The van der Waals surface area contributed by atoms with Crippen molar-refractivity contribution in [1.82, 2.24) is 20.2 Å². The summed E-state index contributed by atoms with van der Waals surface area (Å²) >= 11 is 0. The molecule has 1 aromatic heterocycles. The highest BCUT2D eigenvalue weighted by Crippen LogP contribution is 2.24. The van der Waals surface area contributed by atoms with Crippen molar-refractivity contribution in [2.75, 3.05) is 6.61 Å². The molecule has 3 rings (SSSR count). The van der Waals surface area contributed by atoms with E-state index in [0.717, 1.165) is 11.6 Å². The summed E-state index contributed by atoms with van der Waals surface area (Å²) in [5, 5.41) is 12.2. The van der Waals surface area contributed by atoms with E-state index in [-0.39, 0.29) is 12.5 Å². The Kier molecular flexibility index (Phi) is 6.53. The molecule has 28 heavy (non-hydrogen) atoms. The number of tetrazole rings is 1. The molecular formula is C20H25FN4O2Si. The van der Waals surface area contributed by atoms with Gasteiger partial charge in [-0.3, -0.25) is 0 Å². The SMILES string of the molecule is C[Si](C)(C)CCOCn1nnc(-c2ccc(OCc3ccccc3)c(F)c2)n1. The molecule has 0 aliphatic heterocycles. The van der Waals surface area contributed by atoms with Crippen LogP contribution in [0.3, 0.4) is 0 Å². The zero-order chi connectivity index (χ0) is 20.0. The fourth-order valence-corrected chi connectivity index (χ4v) is 3.19. The van der Waals surface area contributed by atoms with Gasteiger partial charge in [-0.2, -0.15) is 0 Å². The molecule has 0 bridgehead atoms. The summed E-state index contributed by atoms with van der Waals surface area (Å²) in [7, 11) is -1.13. The summed E-state index contributed by atoms with van der Waals surface area (Å²) in [6, 6.07) is 15.4. The van der Waals surface area contributed by atoms with E-state index >= 15 is 0 Å². The molecule has 0 radical (unpaired) electrons. The molecule has 0 aliphatic rings. The van der Waals surface area contributed by atoms with Crippen LogP contribution in [0.5, 0.6) is 5.75 Å². The minimum absolute atomic E-state index is 0.190. The number of hydrogen-bond donors (Lipinski definition) is 0. The van der Waals surface area contributed by atoms with E-state index < -0.39 is 13.9 Å². The Labute approximate surface area is 165 Å². The summed E-state index contributed by atoms with van der Waals surface area (Å²) in [4.78, 5) is 1.37. The van der Waals surface area contributed by atoms with Crippen LogP contribution < -0.4 is 4.74 Å². The molecule has 0 aliphatic carbocycles. The number of halogens is 1. The smallest absolute Gasteiger partial charge is 0.205 e. The quantitative estimate of drug-likeness (QED) is 0.394. The fourth-order valence-electron chi connectivity index (χ4n) is 2.43. The average molecular weight is 401 g/mol. The van der Waals surface area contributed by atoms with Gasteiger partial charge in [0, 0.05) is 20.2 Å². The highest BCUT2D eigenvalue weighted by atomic mass is 28.3.